The van der Waals surface area contributed by atoms with Crippen LogP contribution in [-0.4, -0.2) is 15.1 Å². The van der Waals surface area contributed by atoms with Gasteiger partial charge in [-0.05, 0) is 24.3 Å². The number of hydrogen-bond donors (Lipinski definition) is 3. The summed E-state index contributed by atoms with van der Waals surface area (Å²) in [6.45, 7) is 0. The molecule has 3 aromatic rings. The summed E-state index contributed by atoms with van der Waals surface area (Å²) in [7, 11) is 0. The molecule has 108 valence electrons. The first kappa shape index (κ1) is 14.3. The van der Waals surface area contributed by atoms with Crippen LogP contribution in [0.15, 0.2) is 39.6 Å². The lowest BCUT2D eigenvalue weighted by Crippen LogP contribution is -2.04. The second kappa shape index (κ2) is 5.29. The van der Waals surface area contributed by atoms with Crippen LogP contribution < -0.4 is 5.69 Å². The highest BCUT2D eigenvalue weighted by Gasteiger charge is 2.21. The van der Waals surface area contributed by atoms with E-state index in [1.165, 1.54) is 18.2 Å². The van der Waals surface area contributed by atoms with Crippen molar-refractivity contribution in [3.05, 3.63) is 67.3 Å². The van der Waals surface area contributed by atoms with E-state index in [-0.39, 0.29) is 16.3 Å². The van der Waals surface area contributed by atoms with E-state index in [1.54, 1.807) is 12.1 Å². The Morgan fingerprint density at radius 3 is 2.57 bits per heavy atom. The SMILES string of the molecule is O=c1[nH]c2cc(Br)c(C(O)c3c(F)cccc3Cl)cc2[nH]1. The zero-order valence-electron chi connectivity index (χ0n) is 10.5. The molecule has 0 amide bonds. The van der Waals surface area contributed by atoms with Crippen molar-refractivity contribution in [1.29, 1.82) is 0 Å². The fourth-order valence-corrected chi connectivity index (χ4v) is 3.04. The minimum Gasteiger partial charge on any atom is -0.383 e. The molecule has 0 fully saturated rings. The summed E-state index contributed by atoms with van der Waals surface area (Å²) in [5.41, 5.74) is 1.15. The molecular weight excluding hydrogens is 363 g/mol. The van der Waals surface area contributed by atoms with Crippen molar-refractivity contribution in [2.75, 3.05) is 0 Å². The van der Waals surface area contributed by atoms with Gasteiger partial charge in [0.1, 0.15) is 11.9 Å². The van der Waals surface area contributed by atoms with Crippen LogP contribution >= 0.6 is 27.5 Å². The van der Waals surface area contributed by atoms with Crippen LogP contribution in [-0.2, 0) is 0 Å². The van der Waals surface area contributed by atoms with Crippen molar-refractivity contribution in [1.82, 2.24) is 9.97 Å². The van der Waals surface area contributed by atoms with Crippen LogP contribution in [0.1, 0.15) is 17.2 Å². The van der Waals surface area contributed by atoms with E-state index in [4.69, 9.17) is 11.6 Å². The number of aliphatic hydroxyl groups excluding tert-OH is 1. The van der Waals surface area contributed by atoms with Crippen LogP contribution in [0.5, 0.6) is 0 Å². The molecule has 0 saturated carbocycles. The van der Waals surface area contributed by atoms with Gasteiger partial charge in [0, 0.05) is 20.6 Å². The summed E-state index contributed by atoms with van der Waals surface area (Å²) >= 11 is 9.28. The van der Waals surface area contributed by atoms with E-state index < -0.39 is 11.9 Å². The maximum absolute atomic E-state index is 13.9. The average Bonchev–Trinajstić information content (AvgIpc) is 2.76. The predicted molar refractivity (Wildman–Crippen MR) is 82.1 cm³/mol. The summed E-state index contributed by atoms with van der Waals surface area (Å²) in [4.78, 5) is 16.5. The Kier molecular flexibility index (Phi) is 3.61. The molecule has 21 heavy (non-hydrogen) atoms. The van der Waals surface area contributed by atoms with E-state index in [0.29, 0.717) is 21.1 Å². The minimum atomic E-state index is -1.25. The number of imidazole rings is 1. The fraction of sp³-hybridized carbons (Fsp3) is 0.0714. The van der Waals surface area contributed by atoms with Gasteiger partial charge in [0.15, 0.2) is 0 Å². The lowest BCUT2D eigenvalue weighted by molar-refractivity contribution is 0.214. The number of H-pyrrole nitrogens is 2. The molecule has 0 saturated heterocycles. The molecule has 1 atom stereocenters. The number of aromatic nitrogens is 2. The Bertz CT molecular complexity index is 870. The molecule has 4 nitrogen and oxygen atoms in total. The number of aromatic amines is 2. The van der Waals surface area contributed by atoms with E-state index in [1.807, 2.05) is 0 Å². The van der Waals surface area contributed by atoms with Crippen molar-refractivity contribution in [2.45, 2.75) is 6.10 Å². The highest BCUT2D eigenvalue weighted by Crippen LogP contribution is 2.35. The van der Waals surface area contributed by atoms with Gasteiger partial charge >= 0.3 is 5.69 Å². The van der Waals surface area contributed by atoms with Crippen molar-refractivity contribution in [2.24, 2.45) is 0 Å². The van der Waals surface area contributed by atoms with Gasteiger partial charge in [-0.3, -0.25) is 0 Å². The first-order valence-electron chi connectivity index (χ1n) is 6.01. The molecule has 2 aromatic carbocycles. The molecule has 1 aromatic heterocycles. The van der Waals surface area contributed by atoms with E-state index in [0.717, 1.165) is 0 Å². The number of halogens is 3. The molecule has 1 unspecified atom stereocenters. The third kappa shape index (κ3) is 2.50. The van der Waals surface area contributed by atoms with Gasteiger partial charge in [-0.25, -0.2) is 9.18 Å². The summed E-state index contributed by atoms with van der Waals surface area (Å²) in [5.74, 6) is -0.593. The normalized spacial score (nSPS) is 12.8. The van der Waals surface area contributed by atoms with Crippen molar-refractivity contribution in [3.8, 4) is 0 Å². The quantitative estimate of drug-likeness (QED) is 0.645. The van der Waals surface area contributed by atoms with Gasteiger partial charge < -0.3 is 15.1 Å². The van der Waals surface area contributed by atoms with Crippen molar-refractivity contribution in [3.63, 3.8) is 0 Å². The largest absolute Gasteiger partial charge is 0.383 e. The van der Waals surface area contributed by atoms with Gasteiger partial charge in [0.05, 0.1) is 11.0 Å². The number of benzene rings is 2. The second-order valence-electron chi connectivity index (χ2n) is 4.54. The zero-order valence-corrected chi connectivity index (χ0v) is 12.8. The first-order valence-corrected chi connectivity index (χ1v) is 7.18. The Morgan fingerprint density at radius 1 is 1.24 bits per heavy atom. The molecule has 3 N–H and O–H groups in total. The highest BCUT2D eigenvalue weighted by molar-refractivity contribution is 9.10. The topological polar surface area (TPSA) is 68.9 Å². The lowest BCUT2D eigenvalue weighted by atomic mass is 10.0. The Balaban J connectivity index is 2.19. The van der Waals surface area contributed by atoms with E-state index >= 15 is 0 Å². The Labute approximate surface area is 131 Å². The predicted octanol–water partition coefficient (Wildman–Crippen LogP) is 3.49. The fourth-order valence-electron chi connectivity index (χ4n) is 2.21. The molecule has 0 aliphatic rings. The number of nitrogens with one attached hydrogen (secondary N) is 2. The number of hydrogen-bond acceptors (Lipinski definition) is 2. The highest BCUT2D eigenvalue weighted by atomic mass is 79.9. The first-order chi connectivity index (χ1) is 9.97. The van der Waals surface area contributed by atoms with E-state index in [9.17, 15) is 14.3 Å². The number of rotatable bonds is 2. The monoisotopic (exact) mass is 370 g/mol. The molecule has 0 spiro atoms. The molecule has 0 aliphatic carbocycles. The van der Waals surface area contributed by atoms with Crippen LogP contribution in [0.3, 0.4) is 0 Å². The Hall–Kier alpha value is -1.63. The Morgan fingerprint density at radius 2 is 1.90 bits per heavy atom. The molecule has 0 radical (unpaired) electrons. The second-order valence-corrected chi connectivity index (χ2v) is 5.80. The lowest BCUT2D eigenvalue weighted by Gasteiger charge is -2.15. The van der Waals surface area contributed by atoms with Gasteiger partial charge in [-0.2, -0.15) is 0 Å². The maximum atomic E-state index is 13.9. The van der Waals surface area contributed by atoms with Gasteiger partial charge in [-0.1, -0.05) is 33.6 Å². The zero-order chi connectivity index (χ0) is 15.1. The molecular formula is C14H9BrClFN2O2. The van der Waals surface area contributed by atoms with Crippen LogP contribution in [0.4, 0.5) is 4.39 Å². The van der Waals surface area contributed by atoms with Crippen LogP contribution in [0, 0.1) is 5.82 Å². The third-order valence-corrected chi connectivity index (χ3v) is 4.22. The molecule has 3 rings (SSSR count). The maximum Gasteiger partial charge on any atom is 0.323 e. The van der Waals surface area contributed by atoms with Gasteiger partial charge in [-0.15, -0.1) is 0 Å². The number of fused-ring (bicyclic) bond motifs is 1. The average molecular weight is 372 g/mol. The molecule has 0 aliphatic heterocycles. The molecule has 0 bridgehead atoms. The van der Waals surface area contributed by atoms with Gasteiger partial charge in [0.25, 0.3) is 0 Å². The van der Waals surface area contributed by atoms with Crippen LogP contribution in [0.25, 0.3) is 11.0 Å². The summed E-state index contributed by atoms with van der Waals surface area (Å²) in [5, 5.41) is 10.6. The minimum absolute atomic E-state index is 0.00269. The summed E-state index contributed by atoms with van der Waals surface area (Å²) < 4.78 is 14.5. The van der Waals surface area contributed by atoms with E-state index in [2.05, 4.69) is 25.9 Å². The summed E-state index contributed by atoms with van der Waals surface area (Å²) in [6, 6.07) is 7.42. The van der Waals surface area contributed by atoms with Gasteiger partial charge in [0.2, 0.25) is 0 Å². The number of aliphatic hydroxyl groups is 1. The van der Waals surface area contributed by atoms with Crippen molar-refractivity contribution < 1.29 is 9.50 Å². The standard InChI is InChI=1S/C14H9BrClFN2O2/c15-7-5-11-10(18-14(21)19-11)4-6(7)13(20)12-8(16)2-1-3-9(12)17/h1-5,13,20H,(H2,18,19,21). The smallest absolute Gasteiger partial charge is 0.323 e. The molecule has 7 heteroatoms. The third-order valence-electron chi connectivity index (χ3n) is 3.20. The van der Waals surface area contributed by atoms with Crippen LogP contribution in [0.2, 0.25) is 5.02 Å². The molecule has 1 heterocycles. The van der Waals surface area contributed by atoms with Crippen molar-refractivity contribution >= 4 is 38.6 Å². The summed E-state index contributed by atoms with van der Waals surface area (Å²) in [6.07, 6.45) is -1.25.